The lowest BCUT2D eigenvalue weighted by atomic mass is 9.84. The van der Waals surface area contributed by atoms with Gasteiger partial charge in [-0.1, -0.05) is 250 Å². The molecule has 0 atom stereocenters. The summed E-state index contributed by atoms with van der Waals surface area (Å²) < 4.78 is 0. The molecule has 0 bridgehead atoms. The van der Waals surface area contributed by atoms with E-state index in [0.717, 1.165) is 0 Å². The van der Waals surface area contributed by atoms with Crippen LogP contribution in [0.4, 0.5) is 0 Å². The highest BCUT2D eigenvalue weighted by Crippen LogP contribution is 2.47. The minimum absolute atomic E-state index is 1.18. The summed E-state index contributed by atoms with van der Waals surface area (Å²) in [7, 11) is 0. The van der Waals surface area contributed by atoms with E-state index in [4.69, 9.17) is 0 Å². The van der Waals surface area contributed by atoms with E-state index in [0.29, 0.717) is 0 Å². The molecular weight excluding hydrogens is 841 g/mol. The monoisotopic (exact) mass is 894 g/mol. The molecule has 70 heavy (non-hydrogen) atoms. The first-order valence-corrected chi connectivity index (χ1v) is 24.7. The van der Waals surface area contributed by atoms with E-state index in [9.17, 15) is 0 Å². The number of hydrogen-bond donors (Lipinski definition) is 0. The largest absolute Gasteiger partial charge is 0.0871 e. The van der Waals surface area contributed by atoms with E-state index in [1.54, 1.807) is 0 Å². The van der Waals surface area contributed by atoms with E-state index in [-0.39, 0.29) is 0 Å². The van der Waals surface area contributed by atoms with Crippen molar-refractivity contribution >= 4 is 70.7 Å². The molecule has 0 amide bonds. The van der Waals surface area contributed by atoms with Crippen LogP contribution in [-0.4, -0.2) is 0 Å². The van der Waals surface area contributed by atoms with Gasteiger partial charge in [0.15, 0.2) is 0 Å². The Balaban J connectivity index is 0.00000263. The highest BCUT2D eigenvalue weighted by atomic mass is 14.2. The van der Waals surface area contributed by atoms with Crippen LogP contribution in [0.1, 0.15) is 33.3 Å². The van der Waals surface area contributed by atoms with Gasteiger partial charge in [-0.2, -0.15) is 0 Å². The van der Waals surface area contributed by atoms with E-state index in [2.05, 4.69) is 269 Å². The van der Waals surface area contributed by atoms with E-state index in [1.165, 1.54) is 131 Å². The molecule has 0 aliphatic carbocycles. The summed E-state index contributed by atoms with van der Waals surface area (Å²) >= 11 is 0. The van der Waals surface area contributed by atoms with Crippen molar-refractivity contribution in [1.82, 2.24) is 0 Å². The quantitative estimate of drug-likeness (QED) is 0.105. The second-order valence-corrected chi connectivity index (χ2v) is 17.8. The molecular formula is C70H54. The van der Waals surface area contributed by atoms with Crippen molar-refractivity contribution in [3.8, 4) is 55.6 Å². The SMILES string of the molecule is CC.C\C=C/C(/C=C/c1ccc(-c2c3ccccc3c(-c3ccc(-c4ccc5c(-c6ccc7ccccc7c6)c6ccccc6c(-c6ccc7ccccc7c6)c5c4)cc3)c3ccccc23)cc1)=C\C. The molecule has 12 aromatic carbocycles. The highest BCUT2D eigenvalue weighted by Gasteiger charge is 2.20. The summed E-state index contributed by atoms with van der Waals surface area (Å²) in [5.74, 6) is 0. The summed E-state index contributed by atoms with van der Waals surface area (Å²) in [4.78, 5) is 0. The molecule has 0 saturated carbocycles. The van der Waals surface area contributed by atoms with Crippen LogP contribution in [0.5, 0.6) is 0 Å². The lowest BCUT2D eigenvalue weighted by Gasteiger charge is -2.19. The van der Waals surface area contributed by atoms with Crippen molar-refractivity contribution in [2.24, 2.45) is 0 Å². The zero-order valence-electron chi connectivity index (χ0n) is 40.2. The highest BCUT2D eigenvalue weighted by molar-refractivity contribution is 6.23. The van der Waals surface area contributed by atoms with Gasteiger partial charge in [0.05, 0.1) is 0 Å². The zero-order valence-corrected chi connectivity index (χ0v) is 40.2. The van der Waals surface area contributed by atoms with E-state index >= 15 is 0 Å². The summed E-state index contributed by atoms with van der Waals surface area (Å²) in [5.41, 5.74) is 14.7. The molecule has 334 valence electrons. The fourth-order valence-corrected chi connectivity index (χ4v) is 10.6. The third kappa shape index (κ3) is 7.98. The Labute approximate surface area is 411 Å². The molecule has 0 fully saturated rings. The summed E-state index contributed by atoms with van der Waals surface area (Å²) in [5, 5.41) is 15.0. The maximum absolute atomic E-state index is 2.44. The van der Waals surface area contributed by atoms with Gasteiger partial charge in [0.2, 0.25) is 0 Å². The zero-order chi connectivity index (χ0) is 47.6. The molecule has 0 saturated heterocycles. The molecule has 0 heterocycles. The van der Waals surface area contributed by atoms with Crippen LogP contribution in [0.2, 0.25) is 0 Å². The minimum atomic E-state index is 1.18. The second-order valence-electron chi connectivity index (χ2n) is 17.8. The smallest absolute Gasteiger partial charge is 0.00259 e. The predicted molar refractivity (Wildman–Crippen MR) is 308 cm³/mol. The fourth-order valence-electron chi connectivity index (χ4n) is 10.6. The van der Waals surface area contributed by atoms with Gasteiger partial charge in [0.1, 0.15) is 0 Å². The van der Waals surface area contributed by atoms with Gasteiger partial charge in [-0.05, 0) is 163 Å². The Hall–Kier alpha value is -8.58. The van der Waals surface area contributed by atoms with Crippen molar-refractivity contribution in [1.29, 1.82) is 0 Å². The number of benzene rings is 12. The Morgan fingerprint density at radius 1 is 0.286 bits per heavy atom. The van der Waals surface area contributed by atoms with Gasteiger partial charge in [-0.15, -0.1) is 0 Å². The van der Waals surface area contributed by atoms with Gasteiger partial charge in [-0.25, -0.2) is 0 Å². The maximum Gasteiger partial charge on any atom is -0.00259 e. The Bertz CT molecular complexity index is 3950. The van der Waals surface area contributed by atoms with Crippen LogP contribution >= 0.6 is 0 Å². The molecule has 0 spiro atoms. The second kappa shape index (κ2) is 19.2. The standard InChI is InChI=1S/C68H48.C2H6/c1-3-15-45(4-2)26-27-46-28-30-50(31-29-46)65-57-20-9-11-22-59(57)66(60-23-12-10-21-58(60)65)51-36-32-49(33-37-51)54-40-41-63-64(44-54)68(56-39-35-48-17-6-8-19-53(48)43-56)62-25-14-13-24-61(62)67(63)55-38-34-47-16-5-7-18-52(47)42-55;1-2/h3-44H,1-2H3;1-2H3/b15-3-,27-26+,45-4+;. The maximum atomic E-state index is 2.44. The fraction of sp³-hybridized carbons (Fsp3) is 0.0571. The molecule has 0 unspecified atom stereocenters. The number of fused-ring (bicyclic) bond motifs is 6. The molecule has 0 N–H and O–H groups in total. The van der Waals surface area contributed by atoms with Gasteiger partial charge < -0.3 is 0 Å². The van der Waals surface area contributed by atoms with Crippen molar-refractivity contribution in [2.45, 2.75) is 27.7 Å². The summed E-state index contributed by atoms with van der Waals surface area (Å²) in [6.07, 6.45) is 10.7. The van der Waals surface area contributed by atoms with Crippen LogP contribution in [-0.2, 0) is 0 Å². The van der Waals surface area contributed by atoms with Gasteiger partial charge in [0.25, 0.3) is 0 Å². The Morgan fingerprint density at radius 3 is 1.10 bits per heavy atom. The Morgan fingerprint density at radius 2 is 0.643 bits per heavy atom. The summed E-state index contributed by atoms with van der Waals surface area (Å²) in [6, 6.07) is 83.5. The average molecular weight is 895 g/mol. The molecule has 0 aliphatic rings. The van der Waals surface area contributed by atoms with Crippen molar-refractivity contribution in [3.63, 3.8) is 0 Å². The third-order valence-corrected chi connectivity index (χ3v) is 13.9. The van der Waals surface area contributed by atoms with Gasteiger partial charge in [0, 0.05) is 0 Å². The molecule has 12 rings (SSSR count). The molecule has 0 heteroatoms. The average Bonchev–Trinajstić information content (AvgIpc) is 3.43. The van der Waals surface area contributed by atoms with E-state index < -0.39 is 0 Å². The van der Waals surface area contributed by atoms with Gasteiger partial charge >= 0.3 is 0 Å². The lowest BCUT2D eigenvalue weighted by Crippen LogP contribution is -1.92. The molecule has 0 radical (unpaired) electrons. The van der Waals surface area contributed by atoms with Crippen molar-refractivity contribution in [3.05, 3.63) is 260 Å². The van der Waals surface area contributed by atoms with Crippen LogP contribution in [0.15, 0.2) is 254 Å². The number of hydrogen-bond acceptors (Lipinski definition) is 0. The molecule has 0 aliphatic heterocycles. The first-order chi connectivity index (χ1) is 34.6. The van der Waals surface area contributed by atoms with Crippen molar-refractivity contribution in [2.75, 3.05) is 0 Å². The van der Waals surface area contributed by atoms with Crippen LogP contribution in [0.25, 0.3) is 126 Å². The number of allylic oxidation sites excluding steroid dienone is 5. The van der Waals surface area contributed by atoms with Gasteiger partial charge in [-0.3, -0.25) is 0 Å². The third-order valence-electron chi connectivity index (χ3n) is 13.9. The molecule has 0 nitrogen and oxygen atoms in total. The first kappa shape index (κ1) is 44.0. The van der Waals surface area contributed by atoms with Crippen LogP contribution < -0.4 is 0 Å². The first-order valence-electron chi connectivity index (χ1n) is 24.7. The lowest BCUT2D eigenvalue weighted by molar-refractivity contribution is 1.50. The molecule has 0 aromatic heterocycles. The Kier molecular flexibility index (Phi) is 12.1. The summed E-state index contributed by atoms with van der Waals surface area (Å²) in [6.45, 7) is 8.13. The topological polar surface area (TPSA) is 0 Å². The number of rotatable bonds is 8. The van der Waals surface area contributed by atoms with Crippen molar-refractivity contribution < 1.29 is 0 Å². The predicted octanol–water partition coefficient (Wildman–Crippen LogP) is 20.5. The van der Waals surface area contributed by atoms with E-state index in [1.807, 2.05) is 13.8 Å². The normalized spacial score (nSPS) is 12.0. The van der Waals surface area contributed by atoms with Crippen LogP contribution in [0, 0.1) is 0 Å². The van der Waals surface area contributed by atoms with Crippen LogP contribution in [0.3, 0.4) is 0 Å². The molecule has 12 aromatic rings. The minimum Gasteiger partial charge on any atom is -0.0871 e.